The third-order valence-corrected chi connectivity index (χ3v) is 4.91. The van der Waals surface area contributed by atoms with Gasteiger partial charge in [-0.25, -0.2) is 0 Å². The van der Waals surface area contributed by atoms with E-state index in [1.807, 2.05) is 49.1 Å². The summed E-state index contributed by atoms with van der Waals surface area (Å²) in [6, 6.07) is 9.85. The molecule has 0 spiro atoms. The van der Waals surface area contributed by atoms with Crippen molar-refractivity contribution in [1.29, 1.82) is 0 Å². The first kappa shape index (κ1) is 14.9. The first-order valence-corrected chi connectivity index (χ1v) is 8.38. The molecule has 0 radical (unpaired) electrons. The second-order valence-corrected chi connectivity index (χ2v) is 6.74. The molecule has 4 rings (SSSR count). The van der Waals surface area contributed by atoms with Crippen LogP contribution in [0, 0.1) is 13.8 Å². The molecule has 24 heavy (non-hydrogen) atoms. The maximum absolute atomic E-state index is 12.7. The molecule has 2 heterocycles. The lowest BCUT2D eigenvalue weighted by atomic mass is 9.96. The Hall–Kier alpha value is -2.62. The lowest BCUT2D eigenvalue weighted by molar-refractivity contribution is -0.117. The molecule has 0 atom stereocenters. The van der Waals surface area contributed by atoms with Crippen molar-refractivity contribution in [2.24, 2.45) is 0 Å². The van der Waals surface area contributed by atoms with Crippen LogP contribution < -0.4 is 10.2 Å². The molecule has 0 fully saturated rings. The Kier molecular flexibility index (Phi) is 3.41. The van der Waals surface area contributed by atoms with Gasteiger partial charge in [-0.15, -0.1) is 0 Å². The summed E-state index contributed by atoms with van der Waals surface area (Å²) in [5.41, 5.74) is 6.79. The maximum Gasteiger partial charge on any atom is 0.255 e. The highest BCUT2D eigenvalue weighted by atomic mass is 16.2. The average molecular weight is 320 g/mol. The van der Waals surface area contributed by atoms with Gasteiger partial charge in [0.25, 0.3) is 5.91 Å². The minimum absolute atomic E-state index is 0.112. The van der Waals surface area contributed by atoms with Crippen molar-refractivity contribution >= 4 is 23.2 Å². The number of aryl methyl sites for hydroxylation is 3. The molecule has 2 aliphatic heterocycles. The van der Waals surface area contributed by atoms with Crippen molar-refractivity contribution in [3.05, 3.63) is 58.1 Å². The number of rotatable bonds is 2. The fourth-order valence-electron chi connectivity index (χ4n) is 3.68. The predicted molar refractivity (Wildman–Crippen MR) is 94.7 cm³/mol. The lowest BCUT2D eigenvalue weighted by Gasteiger charge is -2.25. The van der Waals surface area contributed by atoms with E-state index in [-0.39, 0.29) is 11.8 Å². The molecule has 122 valence electrons. The standard InChI is InChI=1S/C20H20N2O2/c1-12-5-6-13(2)17(8-12)21-20(24)16-9-14-4-3-7-22-18(23)11-15(10-16)19(14)22/h5-6,8-10H,3-4,7,11H2,1-2H3,(H,21,24). The number of carbonyl (C=O) groups is 2. The summed E-state index contributed by atoms with van der Waals surface area (Å²) in [7, 11) is 0. The monoisotopic (exact) mass is 320 g/mol. The first-order valence-electron chi connectivity index (χ1n) is 8.38. The van der Waals surface area contributed by atoms with Crippen molar-refractivity contribution in [3.8, 4) is 0 Å². The number of carbonyl (C=O) groups excluding carboxylic acids is 2. The van der Waals surface area contributed by atoms with Crippen molar-refractivity contribution in [2.75, 3.05) is 16.8 Å². The fraction of sp³-hybridized carbons (Fsp3) is 0.300. The van der Waals surface area contributed by atoms with Crippen LogP contribution in [0.3, 0.4) is 0 Å². The number of benzene rings is 2. The predicted octanol–water partition coefficient (Wildman–Crippen LogP) is 3.39. The minimum atomic E-state index is -0.112. The SMILES string of the molecule is Cc1ccc(C)c(NC(=O)c2cc3c4c(c2)CC(=O)N4CCC3)c1. The molecule has 0 saturated carbocycles. The van der Waals surface area contributed by atoms with E-state index in [0.29, 0.717) is 12.0 Å². The van der Waals surface area contributed by atoms with Gasteiger partial charge in [0.2, 0.25) is 5.91 Å². The number of amides is 2. The van der Waals surface area contributed by atoms with Gasteiger partial charge in [0.15, 0.2) is 0 Å². The van der Waals surface area contributed by atoms with E-state index in [9.17, 15) is 9.59 Å². The zero-order valence-corrected chi connectivity index (χ0v) is 14.0. The van der Waals surface area contributed by atoms with Gasteiger partial charge >= 0.3 is 0 Å². The van der Waals surface area contributed by atoms with Crippen LogP contribution in [0.1, 0.15) is 39.0 Å². The molecule has 2 aromatic rings. The Morgan fingerprint density at radius 3 is 2.75 bits per heavy atom. The number of hydrogen-bond acceptors (Lipinski definition) is 2. The van der Waals surface area contributed by atoms with Gasteiger partial charge in [-0.3, -0.25) is 9.59 Å². The van der Waals surface area contributed by atoms with Crippen molar-refractivity contribution in [1.82, 2.24) is 0 Å². The highest BCUT2D eigenvalue weighted by Gasteiger charge is 2.32. The molecule has 4 heteroatoms. The van der Waals surface area contributed by atoms with E-state index >= 15 is 0 Å². The van der Waals surface area contributed by atoms with E-state index in [1.165, 1.54) is 0 Å². The van der Waals surface area contributed by atoms with Gasteiger partial charge < -0.3 is 10.2 Å². The second-order valence-electron chi connectivity index (χ2n) is 6.74. The number of nitrogens with one attached hydrogen (secondary N) is 1. The van der Waals surface area contributed by atoms with Crippen LogP contribution in [0.15, 0.2) is 30.3 Å². The third kappa shape index (κ3) is 2.39. The molecule has 4 nitrogen and oxygen atoms in total. The van der Waals surface area contributed by atoms with Gasteiger partial charge in [0.05, 0.1) is 12.1 Å². The molecule has 0 aliphatic carbocycles. The highest BCUT2D eigenvalue weighted by molar-refractivity contribution is 6.08. The van der Waals surface area contributed by atoms with Crippen molar-refractivity contribution < 1.29 is 9.59 Å². The average Bonchev–Trinajstić information content (AvgIpc) is 2.88. The molecule has 0 saturated heterocycles. The van der Waals surface area contributed by atoms with Gasteiger partial charge in [-0.2, -0.15) is 0 Å². The van der Waals surface area contributed by atoms with E-state index in [4.69, 9.17) is 0 Å². The molecular weight excluding hydrogens is 300 g/mol. The zero-order chi connectivity index (χ0) is 16.8. The van der Waals surface area contributed by atoms with Crippen LogP contribution in [-0.2, 0) is 17.6 Å². The number of anilines is 2. The van der Waals surface area contributed by atoms with Crippen LogP contribution in [-0.4, -0.2) is 18.4 Å². The molecule has 0 unspecified atom stereocenters. The summed E-state index contributed by atoms with van der Waals surface area (Å²) in [6.07, 6.45) is 2.30. The van der Waals surface area contributed by atoms with E-state index in [0.717, 1.165) is 53.0 Å². The molecule has 2 aliphatic rings. The molecule has 0 bridgehead atoms. The summed E-state index contributed by atoms with van der Waals surface area (Å²) < 4.78 is 0. The first-order chi connectivity index (χ1) is 11.5. The highest BCUT2D eigenvalue weighted by Crippen LogP contribution is 2.37. The molecule has 0 aromatic heterocycles. The Bertz CT molecular complexity index is 870. The maximum atomic E-state index is 12.7. The smallest absolute Gasteiger partial charge is 0.255 e. The Balaban J connectivity index is 1.68. The van der Waals surface area contributed by atoms with Gasteiger partial charge in [0.1, 0.15) is 0 Å². The second kappa shape index (κ2) is 5.48. The summed E-state index contributed by atoms with van der Waals surface area (Å²) in [6.45, 7) is 4.79. The van der Waals surface area contributed by atoms with Crippen molar-refractivity contribution in [2.45, 2.75) is 33.1 Å². The van der Waals surface area contributed by atoms with Crippen LogP contribution >= 0.6 is 0 Å². The molecular formula is C20H20N2O2. The quantitative estimate of drug-likeness (QED) is 0.922. The fourth-order valence-corrected chi connectivity index (χ4v) is 3.68. The van der Waals surface area contributed by atoms with Crippen LogP contribution in [0.4, 0.5) is 11.4 Å². The topological polar surface area (TPSA) is 49.4 Å². The van der Waals surface area contributed by atoms with Crippen molar-refractivity contribution in [3.63, 3.8) is 0 Å². The third-order valence-electron chi connectivity index (χ3n) is 4.91. The van der Waals surface area contributed by atoms with Crippen LogP contribution in [0.25, 0.3) is 0 Å². The van der Waals surface area contributed by atoms with Gasteiger partial charge in [-0.1, -0.05) is 12.1 Å². The molecule has 2 aromatic carbocycles. The number of hydrogen-bond donors (Lipinski definition) is 1. The van der Waals surface area contributed by atoms with Gasteiger partial charge in [0, 0.05) is 17.8 Å². The van der Waals surface area contributed by atoms with E-state index < -0.39 is 0 Å². The normalized spacial score (nSPS) is 15.4. The zero-order valence-electron chi connectivity index (χ0n) is 14.0. The summed E-state index contributed by atoms with van der Waals surface area (Å²) in [4.78, 5) is 26.7. The largest absolute Gasteiger partial charge is 0.322 e. The van der Waals surface area contributed by atoms with Crippen LogP contribution in [0.5, 0.6) is 0 Å². The summed E-state index contributed by atoms with van der Waals surface area (Å²) in [5.74, 6) is 0.0391. The Morgan fingerprint density at radius 2 is 1.92 bits per heavy atom. The summed E-state index contributed by atoms with van der Waals surface area (Å²) >= 11 is 0. The lowest BCUT2D eigenvalue weighted by Crippen LogP contribution is -2.31. The Labute approximate surface area is 141 Å². The Morgan fingerprint density at radius 1 is 1.12 bits per heavy atom. The minimum Gasteiger partial charge on any atom is -0.322 e. The molecule has 1 N–H and O–H groups in total. The summed E-state index contributed by atoms with van der Waals surface area (Å²) in [5, 5.41) is 3.01. The molecule has 2 amide bonds. The van der Waals surface area contributed by atoms with E-state index in [1.54, 1.807) is 0 Å². The van der Waals surface area contributed by atoms with E-state index in [2.05, 4.69) is 5.32 Å². The number of nitrogens with zero attached hydrogens (tertiary/aromatic N) is 1. The van der Waals surface area contributed by atoms with Crippen LogP contribution in [0.2, 0.25) is 0 Å². The van der Waals surface area contributed by atoms with Gasteiger partial charge in [-0.05, 0) is 67.1 Å².